The lowest BCUT2D eigenvalue weighted by Crippen LogP contribution is -2.37. The van der Waals surface area contributed by atoms with Crippen LogP contribution in [0, 0.1) is 0 Å². The van der Waals surface area contributed by atoms with Gasteiger partial charge in [0.15, 0.2) is 0 Å². The van der Waals surface area contributed by atoms with Crippen molar-refractivity contribution in [1.29, 1.82) is 0 Å². The van der Waals surface area contributed by atoms with Crippen molar-refractivity contribution < 1.29 is 4.79 Å². The molecule has 20 heavy (non-hydrogen) atoms. The average molecular weight is 360 g/mol. The Morgan fingerprint density at radius 1 is 1.60 bits per heavy atom. The van der Waals surface area contributed by atoms with E-state index in [2.05, 4.69) is 40.1 Å². The third-order valence-electron chi connectivity index (χ3n) is 3.02. The Hall–Kier alpha value is -0.750. The third kappa shape index (κ3) is 4.66. The molecule has 0 aliphatic rings. The van der Waals surface area contributed by atoms with Crippen molar-refractivity contribution >= 4 is 39.4 Å². The fourth-order valence-corrected chi connectivity index (χ4v) is 2.77. The normalized spacial score (nSPS) is 12.1. The van der Waals surface area contributed by atoms with E-state index >= 15 is 0 Å². The number of hydrogen-bond acceptors (Lipinski definition) is 4. The molecule has 0 aromatic carbocycles. The monoisotopic (exact) mass is 359 g/mol. The number of hydrogen-bond donors (Lipinski definition) is 1. The standard InChI is InChI=1S/C14H22BrN3OS/c1-5-6-16-13-12(7-11(15)8-17-13)14(19)18(3)10(2)9-20-4/h7-8,10H,5-6,9H2,1-4H3,(H,16,17). The van der Waals surface area contributed by atoms with Gasteiger partial charge in [0.1, 0.15) is 5.82 Å². The van der Waals surface area contributed by atoms with Crippen LogP contribution in [0.2, 0.25) is 0 Å². The average Bonchev–Trinajstić information content (AvgIpc) is 2.44. The summed E-state index contributed by atoms with van der Waals surface area (Å²) in [5, 5.41) is 3.21. The van der Waals surface area contributed by atoms with Crippen LogP contribution in [0.15, 0.2) is 16.7 Å². The number of rotatable bonds is 7. The Kier molecular flexibility index (Phi) is 7.37. The molecule has 1 atom stereocenters. The fourth-order valence-electron chi connectivity index (χ4n) is 1.73. The number of anilines is 1. The minimum atomic E-state index is -0.000969. The van der Waals surface area contributed by atoms with Crippen molar-refractivity contribution in [2.45, 2.75) is 26.3 Å². The van der Waals surface area contributed by atoms with Gasteiger partial charge in [-0.05, 0) is 41.6 Å². The van der Waals surface area contributed by atoms with Crippen LogP contribution in [0.3, 0.4) is 0 Å². The van der Waals surface area contributed by atoms with Crippen LogP contribution < -0.4 is 5.32 Å². The van der Waals surface area contributed by atoms with Gasteiger partial charge in [0.25, 0.3) is 5.91 Å². The molecule has 0 fully saturated rings. The Morgan fingerprint density at radius 3 is 2.90 bits per heavy atom. The summed E-state index contributed by atoms with van der Waals surface area (Å²) < 4.78 is 0.814. The predicted octanol–water partition coefficient (Wildman–Crippen LogP) is 3.49. The van der Waals surface area contributed by atoms with Gasteiger partial charge < -0.3 is 10.2 Å². The van der Waals surface area contributed by atoms with E-state index in [1.807, 2.05) is 19.4 Å². The highest BCUT2D eigenvalue weighted by Gasteiger charge is 2.21. The number of thioether (sulfide) groups is 1. The van der Waals surface area contributed by atoms with E-state index in [0.717, 1.165) is 23.2 Å². The van der Waals surface area contributed by atoms with Crippen molar-refractivity contribution in [2.75, 3.05) is 30.9 Å². The first-order valence-electron chi connectivity index (χ1n) is 6.66. The van der Waals surface area contributed by atoms with E-state index in [9.17, 15) is 4.79 Å². The molecule has 1 rings (SSSR count). The van der Waals surface area contributed by atoms with Gasteiger partial charge in [-0.25, -0.2) is 4.98 Å². The van der Waals surface area contributed by atoms with E-state index in [-0.39, 0.29) is 11.9 Å². The lowest BCUT2D eigenvalue weighted by atomic mass is 10.2. The molecule has 1 N–H and O–H groups in total. The predicted molar refractivity (Wildman–Crippen MR) is 90.7 cm³/mol. The molecule has 0 aliphatic heterocycles. The summed E-state index contributed by atoms with van der Waals surface area (Å²) in [7, 11) is 1.84. The molecule has 112 valence electrons. The summed E-state index contributed by atoms with van der Waals surface area (Å²) >= 11 is 5.12. The molecule has 0 spiro atoms. The highest BCUT2D eigenvalue weighted by Crippen LogP contribution is 2.20. The molecule has 0 bridgehead atoms. The van der Waals surface area contributed by atoms with Gasteiger partial charge in [0.05, 0.1) is 5.56 Å². The van der Waals surface area contributed by atoms with Gasteiger partial charge >= 0.3 is 0 Å². The summed E-state index contributed by atoms with van der Waals surface area (Å²) in [6.07, 6.45) is 4.74. The van der Waals surface area contributed by atoms with E-state index in [1.165, 1.54) is 0 Å². The van der Waals surface area contributed by atoms with Crippen molar-refractivity contribution in [1.82, 2.24) is 9.88 Å². The third-order valence-corrected chi connectivity index (χ3v) is 4.27. The largest absolute Gasteiger partial charge is 0.369 e. The van der Waals surface area contributed by atoms with E-state index in [1.54, 1.807) is 22.9 Å². The molecule has 1 aromatic heterocycles. The van der Waals surface area contributed by atoms with Crippen LogP contribution in [0.5, 0.6) is 0 Å². The van der Waals surface area contributed by atoms with E-state index in [4.69, 9.17) is 0 Å². The highest BCUT2D eigenvalue weighted by atomic mass is 79.9. The molecule has 0 radical (unpaired) electrons. The number of halogens is 1. The summed E-state index contributed by atoms with van der Waals surface area (Å²) in [5.41, 5.74) is 0.614. The molecule has 1 aromatic rings. The Balaban J connectivity index is 2.97. The number of amides is 1. The first-order valence-corrected chi connectivity index (χ1v) is 8.85. The van der Waals surface area contributed by atoms with Crippen LogP contribution in [0.4, 0.5) is 5.82 Å². The topological polar surface area (TPSA) is 45.2 Å². The minimum absolute atomic E-state index is 0.000969. The molecule has 4 nitrogen and oxygen atoms in total. The Labute approximate surface area is 133 Å². The number of nitrogens with zero attached hydrogens (tertiary/aromatic N) is 2. The zero-order valence-corrected chi connectivity index (χ0v) is 14.8. The van der Waals surface area contributed by atoms with Crippen LogP contribution in [-0.4, -0.2) is 47.4 Å². The van der Waals surface area contributed by atoms with Crippen LogP contribution >= 0.6 is 27.7 Å². The quantitative estimate of drug-likeness (QED) is 0.809. The number of nitrogens with one attached hydrogen (secondary N) is 1. The van der Waals surface area contributed by atoms with E-state index in [0.29, 0.717) is 11.4 Å². The van der Waals surface area contributed by atoms with Crippen LogP contribution in [-0.2, 0) is 0 Å². The summed E-state index contributed by atoms with van der Waals surface area (Å²) in [4.78, 5) is 18.7. The SMILES string of the molecule is CCCNc1ncc(Br)cc1C(=O)N(C)C(C)CSC. The molecule has 0 saturated carbocycles. The lowest BCUT2D eigenvalue weighted by molar-refractivity contribution is 0.0758. The number of aromatic nitrogens is 1. The summed E-state index contributed by atoms with van der Waals surface area (Å²) in [6.45, 7) is 4.94. The maximum Gasteiger partial charge on any atom is 0.257 e. The second-order valence-corrected chi connectivity index (χ2v) is 6.52. The number of carbonyl (C=O) groups is 1. The van der Waals surface area contributed by atoms with E-state index < -0.39 is 0 Å². The minimum Gasteiger partial charge on any atom is -0.369 e. The maximum absolute atomic E-state index is 12.6. The molecular weight excluding hydrogens is 338 g/mol. The number of pyridine rings is 1. The summed E-state index contributed by atoms with van der Waals surface area (Å²) in [6, 6.07) is 2.02. The summed E-state index contributed by atoms with van der Waals surface area (Å²) in [5.74, 6) is 1.57. The van der Waals surface area contributed by atoms with Crippen molar-refractivity contribution in [3.8, 4) is 0 Å². The second-order valence-electron chi connectivity index (χ2n) is 4.70. The maximum atomic E-state index is 12.6. The highest BCUT2D eigenvalue weighted by molar-refractivity contribution is 9.10. The second kappa shape index (κ2) is 8.52. The molecule has 1 heterocycles. The van der Waals surface area contributed by atoms with Crippen LogP contribution in [0.1, 0.15) is 30.6 Å². The van der Waals surface area contributed by atoms with Crippen molar-refractivity contribution in [3.63, 3.8) is 0 Å². The lowest BCUT2D eigenvalue weighted by Gasteiger charge is -2.25. The molecule has 1 unspecified atom stereocenters. The van der Waals surface area contributed by atoms with Crippen LogP contribution in [0.25, 0.3) is 0 Å². The first kappa shape index (κ1) is 17.3. The Morgan fingerprint density at radius 2 is 2.30 bits per heavy atom. The van der Waals surface area contributed by atoms with Gasteiger partial charge in [0.2, 0.25) is 0 Å². The molecule has 0 aliphatic carbocycles. The zero-order chi connectivity index (χ0) is 15.1. The Bertz CT molecular complexity index is 456. The smallest absolute Gasteiger partial charge is 0.257 e. The first-order chi connectivity index (χ1) is 9.51. The van der Waals surface area contributed by atoms with Crippen molar-refractivity contribution in [2.24, 2.45) is 0 Å². The fraction of sp³-hybridized carbons (Fsp3) is 0.571. The van der Waals surface area contributed by atoms with Gasteiger partial charge in [-0.2, -0.15) is 11.8 Å². The molecule has 1 amide bonds. The molecular formula is C14H22BrN3OS. The van der Waals surface area contributed by atoms with Gasteiger partial charge in [-0.15, -0.1) is 0 Å². The molecule has 0 saturated heterocycles. The number of carbonyl (C=O) groups excluding carboxylic acids is 1. The van der Waals surface area contributed by atoms with Gasteiger partial charge in [-0.3, -0.25) is 4.79 Å². The zero-order valence-electron chi connectivity index (χ0n) is 12.4. The van der Waals surface area contributed by atoms with Gasteiger partial charge in [-0.1, -0.05) is 6.92 Å². The van der Waals surface area contributed by atoms with Gasteiger partial charge in [0, 0.05) is 36.1 Å². The van der Waals surface area contributed by atoms with Crippen molar-refractivity contribution in [3.05, 3.63) is 22.3 Å². The molecule has 6 heteroatoms.